The predicted octanol–water partition coefficient (Wildman–Crippen LogP) is 40.0. The highest BCUT2D eigenvalue weighted by atomic mass is 16.3. The third kappa shape index (κ3) is 59.9. The summed E-state index contributed by atoms with van der Waals surface area (Å²) in [4.78, 5) is 0. The number of rotatable bonds is 84. The van der Waals surface area contributed by atoms with Crippen LogP contribution in [0.1, 0.15) is 660 Å². The second kappa shape index (κ2) is 82.0. The molecule has 0 heterocycles. The summed E-state index contributed by atoms with van der Waals surface area (Å²) < 4.78 is 0. The fraction of sp³-hybridized carbons (Fsp3) is 0.890. The number of phenolic OH excluding ortho intramolecular Hbond substituents is 4. The number of unbranched alkanes of at least 4 members (excludes halogenated alkanes) is 66. The molecule has 668 valence electrons. The van der Waals surface area contributed by atoms with E-state index in [1.54, 1.807) is 0 Å². The van der Waals surface area contributed by atoms with Crippen molar-refractivity contribution in [3.05, 3.63) is 45.5 Å². The van der Waals surface area contributed by atoms with Gasteiger partial charge in [-0.05, 0) is 108 Å². The first-order valence-corrected chi connectivity index (χ1v) is 51.9. The Morgan fingerprint density at radius 2 is 0.283 bits per heavy atom. The molecule has 0 aromatic heterocycles. The van der Waals surface area contributed by atoms with E-state index in [0.717, 1.165) is 24.0 Å². The van der Waals surface area contributed by atoms with Gasteiger partial charge in [0.25, 0.3) is 0 Å². The van der Waals surface area contributed by atoms with E-state index in [9.17, 15) is 20.4 Å². The SMILES string of the molecule is C.CCCCCCCCCCCCCCC(C)c1cc(O)c(O)c(C(C)CCCCCCCCCCCCCC)c1C(C)CCCCCCCCCCCCCC.CCCCCCCCCCCCCCC(C)c1cc(O)c(O)c(C(C)CCCCCCCCCCCCCC)c1C(C)CCCCCCCCCCCCCC. The van der Waals surface area contributed by atoms with Crippen LogP contribution >= 0.6 is 0 Å². The van der Waals surface area contributed by atoms with Crippen LogP contribution in [-0.4, -0.2) is 20.4 Å². The minimum absolute atomic E-state index is 0. The summed E-state index contributed by atoms with van der Waals surface area (Å²) in [7, 11) is 0. The number of hydrogen-bond acceptors (Lipinski definition) is 4. The van der Waals surface area contributed by atoms with Crippen molar-refractivity contribution in [1.29, 1.82) is 0 Å². The predicted molar refractivity (Wildman–Crippen MR) is 511 cm³/mol. The van der Waals surface area contributed by atoms with E-state index < -0.39 is 0 Å². The van der Waals surface area contributed by atoms with Crippen molar-refractivity contribution < 1.29 is 20.4 Å². The van der Waals surface area contributed by atoms with Crippen molar-refractivity contribution in [3.8, 4) is 23.0 Å². The summed E-state index contributed by atoms with van der Waals surface area (Å²) in [5.74, 6) is 2.72. The fourth-order valence-corrected chi connectivity index (χ4v) is 19.0. The van der Waals surface area contributed by atoms with Crippen molar-refractivity contribution in [1.82, 2.24) is 0 Å². The number of hydrogen-bond donors (Lipinski definition) is 4. The molecule has 0 aliphatic heterocycles. The molecule has 2 aromatic carbocycles. The summed E-state index contributed by atoms with van der Waals surface area (Å²) in [5.41, 5.74) is 7.59. The Labute approximate surface area is 711 Å². The van der Waals surface area contributed by atoms with Gasteiger partial charge in [-0.2, -0.15) is 0 Å². The maximum absolute atomic E-state index is 11.5. The van der Waals surface area contributed by atoms with Crippen molar-refractivity contribution in [2.75, 3.05) is 0 Å². The highest BCUT2D eigenvalue weighted by Gasteiger charge is 2.29. The average molecular weight is 1580 g/mol. The summed E-state index contributed by atoms with van der Waals surface area (Å²) in [6, 6.07) is 3.93. The van der Waals surface area contributed by atoms with Gasteiger partial charge in [0.2, 0.25) is 0 Å². The van der Waals surface area contributed by atoms with Crippen LogP contribution in [0.25, 0.3) is 0 Å². The Morgan fingerprint density at radius 1 is 0.168 bits per heavy atom. The van der Waals surface area contributed by atoms with Gasteiger partial charge in [0.15, 0.2) is 23.0 Å². The van der Waals surface area contributed by atoms with E-state index in [1.165, 1.54) is 510 Å². The van der Waals surface area contributed by atoms with Crippen molar-refractivity contribution in [2.24, 2.45) is 0 Å². The molecule has 0 aliphatic rings. The van der Waals surface area contributed by atoms with Gasteiger partial charge >= 0.3 is 0 Å². The smallest absolute Gasteiger partial charge is 0.161 e. The Morgan fingerprint density at radius 3 is 0.425 bits per heavy atom. The summed E-state index contributed by atoms with van der Waals surface area (Å²) in [6.45, 7) is 28.1. The molecule has 6 atom stereocenters. The quantitative estimate of drug-likeness (QED) is 0.0393. The molecule has 0 saturated carbocycles. The number of phenols is 4. The molecule has 0 fully saturated rings. The lowest BCUT2D eigenvalue weighted by molar-refractivity contribution is 0.390. The van der Waals surface area contributed by atoms with Crippen molar-refractivity contribution >= 4 is 0 Å². The van der Waals surface area contributed by atoms with E-state index >= 15 is 0 Å². The topological polar surface area (TPSA) is 80.9 Å². The van der Waals surface area contributed by atoms with E-state index in [0.29, 0.717) is 23.7 Å². The molecule has 2 rings (SSSR count). The van der Waals surface area contributed by atoms with Crippen LogP contribution in [0.4, 0.5) is 0 Å². The molecule has 6 unspecified atom stereocenters. The molecule has 4 nitrogen and oxygen atoms in total. The molecule has 113 heavy (non-hydrogen) atoms. The maximum atomic E-state index is 11.5. The maximum Gasteiger partial charge on any atom is 0.161 e. The third-order valence-electron chi connectivity index (χ3n) is 26.8. The largest absolute Gasteiger partial charge is 0.504 e. The normalized spacial score (nSPS) is 13.3. The van der Waals surface area contributed by atoms with E-state index in [-0.39, 0.29) is 42.3 Å². The molecular weight excluding hydrogens is 1370 g/mol. The molecular formula is C109H208O4. The summed E-state index contributed by atoms with van der Waals surface area (Å²) in [5, 5.41) is 45.4. The third-order valence-corrected chi connectivity index (χ3v) is 26.8. The first kappa shape index (κ1) is 111. The summed E-state index contributed by atoms with van der Waals surface area (Å²) >= 11 is 0. The van der Waals surface area contributed by atoms with E-state index in [2.05, 4.69) is 83.1 Å². The first-order valence-electron chi connectivity index (χ1n) is 51.9. The lowest BCUT2D eigenvalue weighted by atomic mass is 9.77. The molecule has 4 heteroatoms. The zero-order valence-electron chi connectivity index (χ0n) is 78.6. The van der Waals surface area contributed by atoms with Crippen molar-refractivity contribution in [3.63, 3.8) is 0 Å². The Hall–Kier alpha value is -2.36. The zero-order chi connectivity index (χ0) is 81.8. The fourth-order valence-electron chi connectivity index (χ4n) is 19.0. The van der Waals surface area contributed by atoms with Gasteiger partial charge < -0.3 is 20.4 Å². The van der Waals surface area contributed by atoms with Gasteiger partial charge in [-0.15, -0.1) is 0 Å². The highest BCUT2D eigenvalue weighted by Crippen LogP contribution is 2.49. The molecule has 0 aliphatic carbocycles. The van der Waals surface area contributed by atoms with Crippen molar-refractivity contribution in [2.45, 2.75) is 627 Å². The Balaban J connectivity index is 0.00000220. The minimum Gasteiger partial charge on any atom is -0.504 e. The average Bonchev–Trinajstić information content (AvgIpc) is 0.783. The van der Waals surface area contributed by atoms with E-state index in [1.807, 2.05) is 12.1 Å². The van der Waals surface area contributed by atoms with Crippen LogP contribution in [0.15, 0.2) is 12.1 Å². The second-order valence-corrected chi connectivity index (χ2v) is 37.8. The van der Waals surface area contributed by atoms with Crippen LogP contribution in [0, 0.1) is 0 Å². The van der Waals surface area contributed by atoms with Gasteiger partial charge in [-0.3, -0.25) is 0 Å². The molecule has 0 amide bonds. The molecule has 0 bridgehead atoms. The molecule has 0 radical (unpaired) electrons. The Bertz CT molecular complexity index is 2120. The standard InChI is InChI=1S/2C54H102O2.CH4/c2*1-7-10-13-16-19-22-25-28-31-34-37-40-43-47(4)50-46-51(55)54(56)53(49(6)45-42-39-36-33-30-27-24-21-18-15-12-9-3)52(50)48(5)44-41-38-35-32-29-26-23-20-17-14-11-8-2;/h2*46-49,55-56H,7-45H2,1-6H3;1H4. The molecule has 0 saturated heterocycles. The Kier molecular flexibility index (Phi) is 80.3. The minimum atomic E-state index is 0. The monoisotopic (exact) mass is 1580 g/mol. The van der Waals surface area contributed by atoms with Gasteiger partial charge in [0, 0.05) is 11.1 Å². The van der Waals surface area contributed by atoms with Gasteiger partial charge in [0.05, 0.1) is 0 Å². The molecule has 4 N–H and O–H groups in total. The van der Waals surface area contributed by atoms with Crippen LogP contribution in [-0.2, 0) is 0 Å². The number of aromatic hydroxyl groups is 4. The lowest BCUT2D eigenvalue weighted by Crippen LogP contribution is -2.11. The first-order chi connectivity index (χ1) is 54.8. The van der Waals surface area contributed by atoms with Gasteiger partial charge in [-0.25, -0.2) is 0 Å². The summed E-state index contributed by atoms with van der Waals surface area (Å²) in [6.07, 6.45) is 106. The van der Waals surface area contributed by atoms with Crippen LogP contribution in [0.5, 0.6) is 23.0 Å². The number of benzene rings is 2. The van der Waals surface area contributed by atoms with Gasteiger partial charge in [0.1, 0.15) is 0 Å². The lowest BCUT2D eigenvalue weighted by Gasteiger charge is -2.28. The molecule has 2 aromatic rings. The molecule has 0 spiro atoms. The second-order valence-electron chi connectivity index (χ2n) is 37.8. The van der Waals surface area contributed by atoms with Crippen LogP contribution in [0.2, 0.25) is 0 Å². The zero-order valence-corrected chi connectivity index (χ0v) is 78.6. The van der Waals surface area contributed by atoms with Crippen LogP contribution < -0.4 is 0 Å². The van der Waals surface area contributed by atoms with Crippen LogP contribution in [0.3, 0.4) is 0 Å². The highest BCUT2D eigenvalue weighted by molar-refractivity contribution is 5.58. The van der Waals surface area contributed by atoms with E-state index in [4.69, 9.17) is 0 Å². The van der Waals surface area contributed by atoms with Gasteiger partial charge in [-0.1, -0.05) is 553 Å².